The molecule has 0 spiro atoms. The van der Waals surface area contributed by atoms with Crippen LogP contribution in [0.3, 0.4) is 0 Å². The summed E-state index contributed by atoms with van der Waals surface area (Å²) in [6.07, 6.45) is 0. The van der Waals surface area contributed by atoms with E-state index in [1.165, 1.54) is 11.8 Å². The van der Waals surface area contributed by atoms with Crippen molar-refractivity contribution in [3.8, 4) is 0 Å². The number of hydrogen-bond acceptors (Lipinski definition) is 3. The SMILES string of the molecule is CC1(C)SC(=O)Nc2nc3ccccc3cc21. The Bertz CT molecular complexity index is 622. The monoisotopic (exact) mass is 244 g/mol. The van der Waals surface area contributed by atoms with Crippen LogP contribution in [0.1, 0.15) is 19.4 Å². The van der Waals surface area contributed by atoms with Gasteiger partial charge < -0.3 is 5.32 Å². The third kappa shape index (κ3) is 1.69. The van der Waals surface area contributed by atoms with E-state index >= 15 is 0 Å². The molecule has 17 heavy (non-hydrogen) atoms. The minimum Gasteiger partial charge on any atom is -0.301 e. The van der Waals surface area contributed by atoms with Gasteiger partial charge in [0.15, 0.2) is 0 Å². The highest BCUT2D eigenvalue weighted by Gasteiger charge is 2.33. The van der Waals surface area contributed by atoms with Crippen molar-refractivity contribution in [2.75, 3.05) is 5.32 Å². The molecule has 3 rings (SSSR count). The maximum absolute atomic E-state index is 11.6. The molecule has 1 amide bonds. The van der Waals surface area contributed by atoms with E-state index in [0.717, 1.165) is 16.5 Å². The zero-order valence-electron chi connectivity index (χ0n) is 9.65. The lowest BCUT2D eigenvalue weighted by Gasteiger charge is -2.30. The van der Waals surface area contributed by atoms with Gasteiger partial charge in [-0.1, -0.05) is 30.0 Å². The molecule has 1 N–H and O–H groups in total. The molecule has 0 saturated carbocycles. The van der Waals surface area contributed by atoms with Gasteiger partial charge >= 0.3 is 0 Å². The third-order valence-electron chi connectivity index (χ3n) is 2.94. The number of pyridine rings is 1. The van der Waals surface area contributed by atoms with Gasteiger partial charge in [0.2, 0.25) is 0 Å². The molecular weight excluding hydrogens is 232 g/mol. The fourth-order valence-electron chi connectivity index (χ4n) is 2.08. The van der Waals surface area contributed by atoms with Gasteiger partial charge in [0.25, 0.3) is 5.24 Å². The number of carbonyl (C=O) groups excluding carboxylic acids is 1. The second-order valence-electron chi connectivity index (χ2n) is 4.60. The molecule has 2 heterocycles. The smallest absolute Gasteiger partial charge is 0.285 e. The first-order valence-corrected chi connectivity index (χ1v) is 6.28. The van der Waals surface area contributed by atoms with E-state index in [-0.39, 0.29) is 9.99 Å². The second kappa shape index (κ2) is 3.47. The maximum Gasteiger partial charge on any atom is 0.285 e. The molecule has 0 aliphatic carbocycles. The molecule has 1 aliphatic rings. The van der Waals surface area contributed by atoms with Crippen LogP contribution < -0.4 is 5.32 Å². The van der Waals surface area contributed by atoms with Crippen LogP contribution in [-0.4, -0.2) is 10.2 Å². The standard InChI is InChI=1S/C13H12N2OS/c1-13(2)9-7-8-5-3-4-6-10(8)14-11(9)15-12(16)17-13/h3-7H,1-2H3,(H,14,15,16). The first-order chi connectivity index (χ1) is 8.06. The van der Waals surface area contributed by atoms with Crippen LogP contribution in [0.15, 0.2) is 30.3 Å². The number of nitrogens with zero attached hydrogens (tertiary/aromatic N) is 1. The lowest BCUT2D eigenvalue weighted by molar-refractivity contribution is 0.269. The van der Waals surface area contributed by atoms with Crippen molar-refractivity contribution in [1.82, 2.24) is 4.98 Å². The largest absolute Gasteiger partial charge is 0.301 e. The summed E-state index contributed by atoms with van der Waals surface area (Å²) >= 11 is 1.30. The number of benzene rings is 1. The van der Waals surface area contributed by atoms with Crippen molar-refractivity contribution < 1.29 is 4.79 Å². The molecule has 1 aromatic heterocycles. The highest BCUT2D eigenvalue weighted by molar-refractivity contribution is 8.14. The van der Waals surface area contributed by atoms with Crippen LogP contribution in [0.5, 0.6) is 0 Å². The highest BCUT2D eigenvalue weighted by atomic mass is 32.2. The number of hydrogen-bond donors (Lipinski definition) is 1. The Balaban J connectivity index is 2.30. The molecule has 0 atom stereocenters. The molecule has 1 aromatic carbocycles. The van der Waals surface area contributed by atoms with Crippen molar-refractivity contribution >= 4 is 33.7 Å². The minimum absolute atomic E-state index is 0.0368. The Hall–Kier alpha value is -1.55. The number of rotatable bonds is 0. The van der Waals surface area contributed by atoms with Crippen LogP contribution in [0, 0.1) is 0 Å². The normalized spacial score (nSPS) is 17.6. The van der Waals surface area contributed by atoms with Gasteiger partial charge in [0, 0.05) is 15.7 Å². The minimum atomic E-state index is -0.227. The summed E-state index contributed by atoms with van der Waals surface area (Å²) in [5, 5.41) is 3.89. The van der Waals surface area contributed by atoms with Crippen molar-refractivity contribution in [3.63, 3.8) is 0 Å². The van der Waals surface area contributed by atoms with E-state index in [1.54, 1.807) is 0 Å². The van der Waals surface area contributed by atoms with Crippen molar-refractivity contribution in [1.29, 1.82) is 0 Å². The number of carbonyl (C=O) groups is 1. The summed E-state index contributed by atoms with van der Waals surface area (Å²) in [5.41, 5.74) is 2.00. The molecule has 4 heteroatoms. The number of para-hydroxylation sites is 1. The molecule has 0 unspecified atom stereocenters. The summed E-state index contributed by atoms with van der Waals surface area (Å²) in [6, 6.07) is 10.1. The number of nitrogens with one attached hydrogen (secondary N) is 1. The van der Waals surface area contributed by atoms with E-state index in [2.05, 4.69) is 16.4 Å². The first-order valence-electron chi connectivity index (χ1n) is 5.46. The lowest BCUT2D eigenvalue weighted by Crippen LogP contribution is -2.26. The summed E-state index contributed by atoms with van der Waals surface area (Å²) in [5.74, 6) is 0.692. The Morgan fingerprint density at radius 1 is 1.29 bits per heavy atom. The Morgan fingerprint density at radius 2 is 2.06 bits per heavy atom. The molecule has 0 bridgehead atoms. The second-order valence-corrected chi connectivity index (χ2v) is 6.20. The number of aromatic nitrogens is 1. The summed E-state index contributed by atoms with van der Waals surface area (Å²) in [4.78, 5) is 16.1. The molecule has 0 fully saturated rings. The summed E-state index contributed by atoms with van der Waals surface area (Å²) < 4.78 is -0.227. The number of anilines is 1. The molecule has 2 aromatic rings. The van der Waals surface area contributed by atoms with E-state index in [4.69, 9.17) is 0 Å². The van der Waals surface area contributed by atoms with Gasteiger partial charge in [-0.05, 0) is 26.0 Å². The summed E-state index contributed by atoms with van der Waals surface area (Å²) in [7, 11) is 0. The summed E-state index contributed by atoms with van der Waals surface area (Å²) in [6.45, 7) is 4.09. The van der Waals surface area contributed by atoms with Crippen LogP contribution in [0.4, 0.5) is 10.6 Å². The van der Waals surface area contributed by atoms with Gasteiger partial charge in [-0.25, -0.2) is 4.98 Å². The van der Waals surface area contributed by atoms with Gasteiger partial charge in [0.05, 0.1) is 5.52 Å². The van der Waals surface area contributed by atoms with Gasteiger partial charge in [-0.3, -0.25) is 4.79 Å². The molecule has 0 saturated heterocycles. The average Bonchev–Trinajstić information content (AvgIpc) is 2.26. The topological polar surface area (TPSA) is 42.0 Å². The van der Waals surface area contributed by atoms with Crippen LogP contribution in [0.2, 0.25) is 0 Å². The molecular formula is C13H12N2OS. The van der Waals surface area contributed by atoms with E-state index < -0.39 is 0 Å². The predicted molar refractivity (Wildman–Crippen MR) is 71.4 cm³/mol. The number of fused-ring (bicyclic) bond motifs is 2. The number of amides is 1. The first kappa shape index (κ1) is 10.6. The van der Waals surface area contributed by atoms with E-state index in [1.807, 2.05) is 38.1 Å². The highest BCUT2D eigenvalue weighted by Crippen LogP contribution is 2.44. The van der Waals surface area contributed by atoms with Gasteiger partial charge in [-0.15, -0.1) is 0 Å². The third-order valence-corrected chi connectivity index (χ3v) is 3.96. The van der Waals surface area contributed by atoms with Crippen LogP contribution in [0.25, 0.3) is 10.9 Å². The number of thioether (sulfide) groups is 1. The van der Waals surface area contributed by atoms with Gasteiger partial charge in [-0.2, -0.15) is 0 Å². The van der Waals surface area contributed by atoms with Crippen molar-refractivity contribution in [2.24, 2.45) is 0 Å². The fraction of sp³-hybridized carbons (Fsp3) is 0.231. The lowest BCUT2D eigenvalue weighted by atomic mass is 10.0. The molecule has 86 valence electrons. The Labute approximate surface area is 104 Å². The van der Waals surface area contributed by atoms with Gasteiger partial charge in [0.1, 0.15) is 5.82 Å². The molecule has 0 radical (unpaired) electrons. The van der Waals surface area contributed by atoms with Crippen LogP contribution in [-0.2, 0) is 4.75 Å². The fourth-order valence-corrected chi connectivity index (χ4v) is 2.96. The Kier molecular flexibility index (Phi) is 2.16. The molecule has 3 nitrogen and oxygen atoms in total. The van der Waals surface area contributed by atoms with Crippen LogP contribution >= 0.6 is 11.8 Å². The predicted octanol–water partition coefficient (Wildman–Crippen LogP) is 3.75. The molecule has 1 aliphatic heterocycles. The van der Waals surface area contributed by atoms with E-state index in [9.17, 15) is 4.79 Å². The van der Waals surface area contributed by atoms with Crippen molar-refractivity contribution in [2.45, 2.75) is 18.6 Å². The Morgan fingerprint density at radius 3 is 2.88 bits per heavy atom. The quantitative estimate of drug-likeness (QED) is 0.767. The van der Waals surface area contributed by atoms with Crippen molar-refractivity contribution in [3.05, 3.63) is 35.9 Å². The average molecular weight is 244 g/mol. The zero-order chi connectivity index (χ0) is 12.0. The zero-order valence-corrected chi connectivity index (χ0v) is 10.5. The van der Waals surface area contributed by atoms with E-state index in [0.29, 0.717) is 5.82 Å². The maximum atomic E-state index is 11.6.